The Bertz CT molecular complexity index is 599. The number of aliphatic hydroxyl groups excluding tert-OH is 1. The van der Waals surface area contributed by atoms with Gasteiger partial charge in [-0.3, -0.25) is 4.79 Å². The zero-order chi connectivity index (χ0) is 13.7. The second-order valence-corrected chi connectivity index (χ2v) is 3.98. The lowest BCUT2D eigenvalue weighted by Gasteiger charge is -2.10. The van der Waals surface area contributed by atoms with E-state index >= 15 is 0 Å². The van der Waals surface area contributed by atoms with Crippen molar-refractivity contribution in [3.8, 4) is 6.07 Å². The van der Waals surface area contributed by atoms with Crippen LogP contribution in [0.2, 0.25) is 0 Å². The smallest absolute Gasteiger partial charge is 0.251 e. The van der Waals surface area contributed by atoms with Gasteiger partial charge in [0.25, 0.3) is 5.91 Å². The Morgan fingerprint density at radius 3 is 3.00 bits per heavy atom. The summed E-state index contributed by atoms with van der Waals surface area (Å²) < 4.78 is 4.85. The van der Waals surface area contributed by atoms with E-state index in [4.69, 9.17) is 9.68 Å². The van der Waals surface area contributed by atoms with Crippen LogP contribution in [0.1, 0.15) is 27.6 Å². The highest BCUT2D eigenvalue weighted by molar-refractivity contribution is 5.94. The molecule has 96 valence electrons. The summed E-state index contributed by atoms with van der Waals surface area (Å²) in [5.74, 6) is -0.334. The normalized spacial score (nSPS) is 11.6. The van der Waals surface area contributed by atoms with Crippen LogP contribution < -0.4 is 5.32 Å². The molecule has 0 radical (unpaired) electrons. The molecule has 0 saturated heterocycles. The van der Waals surface area contributed by atoms with Crippen molar-refractivity contribution in [3.63, 3.8) is 0 Å². The molecule has 2 rings (SSSR count). The number of carbonyl (C=O) groups is 1. The molecule has 5 heteroatoms. The van der Waals surface area contributed by atoms with Gasteiger partial charge in [0.15, 0.2) is 0 Å². The third-order valence-electron chi connectivity index (χ3n) is 2.64. The van der Waals surface area contributed by atoms with Gasteiger partial charge in [-0.05, 0) is 24.3 Å². The standard InChI is InChI=1S/C14H12N2O3/c15-7-10-2-1-3-11(6-10)14(18)16-8-13(17)12-4-5-19-9-12/h1-6,9,13,17H,8H2,(H,16,18)/t13-/m0/s1. The molecular formula is C14H12N2O3. The Balaban J connectivity index is 1.96. The van der Waals surface area contributed by atoms with Gasteiger partial charge in [-0.15, -0.1) is 0 Å². The van der Waals surface area contributed by atoms with Crippen molar-refractivity contribution in [2.24, 2.45) is 0 Å². The summed E-state index contributed by atoms with van der Waals surface area (Å²) in [6.45, 7) is 0.0785. The number of hydrogen-bond acceptors (Lipinski definition) is 4. The van der Waals surface area contributed by atoms with Crippen molar-refractivity contribution in [2.75, 3.05) is 6.54 Å². The average molecular weight is 256 g/mol. The summed E-state index contributed by atoms with van der Waals surface area (Å²) >= 11 is 0. The van der Waals surface area contributed by atoms with Gasteiger partial charge in [0, 0.05) is 17.7 Å². The second-order valence-electron chi connectivity index (χ2n) is 3.98. The van der Waals surface area contributed by atoms with Crippen LogP contribution in [0.4, 0.5) is 0 Å². The molecule has 0 fully saturated rings. The third kappa shape index (κ3) is 3.21. The molecule has 2 aromatic rings. The lowest BCUT2D eigenvalue weighted by Crippen LogP contribution is -2.28. The van der Waals surface area contributed by atoms with E-state index in [9.17, 15) is 9.90 Å². The van der Waals surface area contributed by atoms with Gasteiger partial charge < -0.3 is 14.8 Å². The van der Waals surface area contributed by atoms with E-state index in [1.54, 1.807) is 24.3 Å². The van der Waals surface area contributed by atoms with E-state index in [1.165, 1.54) is 18.6 Å². The molecule has 1 atom stereocenters. The minimum Gasteiger partial charge on any atom is -0.472 e. The Morgan fingerprint density at radius 2 is 2.32 bits per heavy atom. The molecule has 0 unspecified atom stereocenters. The van der Waals surface area contributed by atoms with Gasteiger partial charge in [0.05, 0.1) is 30.3 Å². The molecule has 19 heavy (non-hydrogen) atoms. The SMILES string of the molecule is N#Cc1cccc(C(=O)NC[C@H](O)c2ccoc2)c1. The number of carbonyl (C=O) groups excluding carboxylic acids is 1. The molecule has 0 saturated carbocycles. The minimum absolute atomic E-state index is 0.0785. The summed E-state index contributed by atoms with van der Waals surface area (Å²) in [5.41, 5.74) is 1.41. The van der Waals surface area contributed by atoms with Crippen molar-refractivity contribution >= 4 is 5.91 Å². The maximum atomic E-state index is 11.8. The van der Waals surface area contributed by atoms with Crippen LogP contribution in [-0.2, 0) is 0 Å². The lowest BCUT2D eigenvalue weighted by molar-refractivity contribution is 0.0916. The number of amides is 1. The highest BCUT2D eigenvalue weighted by Crippen LogP contribution is 2.12. The molecule has 0 bridgehead atoms. The van der Waals surface area contributed by atoms with Crippen LogP contribution in [0.5, 0.6) is 0 Å². The number of aliphatic hydroxyl groups is 1. The van der Waals surface area contributed by atoms with E-state index in [-0.39, 0.29) is 12.5 Å². The first-order chi connectivity index (χ1) is 9.20. The predicted molar refractivity (Wildman–Crippen MR) is 67.2 cm³/mol. The fourth-order valence-electron chi connectivity index (χ4n) is 1.60. The monoisotopic (exact) mass is 256 g/mol. The highest BCUT2D eigenvalue weighted by Gasteiger charge is 2.11. The number of furan rings is 1. The largest absolute Gasteiger partial charge is 0.472 e. The molecule has 0 aliphatic rings. The van der Waals surface area contributed by atoms with Crippen molar-refractivity contribution in [2.45, 2.75) is 6.10 Å². The highest BCUT2D eigenvalue weighted by atomic mass is 16.3. The van der Waals surface area contributed by atoms with Crippen LogP contribution in [0.25, 0.3) is 0 Å². The summed E-state index contributed by atoms with van der Waals surface area (Å²) in [4.78, 5) is 11.8. The molecule has 0 aliphatic heterocycles. The zero-order valence-corrected chi connectivity index (χ0v) is 10.0. The number of nitriles is 1. The van der Waals surface area contributed by atoms with E-state index in [0.29, 0.717) is 16.7 Å². The summed E-state index contributed by atoms with van der Waals surface area (Å²) in [7, 11) is 0. The first-order valence-corrected chi connectivity index (χ1v) is 5.69. The van der Waals surface area contributed by atoms with Gasteiger partial charge in [0.1, 0.15) is 0 Å². The van der Waals surface area contributed by atoms with Crippen molar-refractivity contribution in [1.29, 1.82) is 5.26 Å². The van der Waals surface area contributed by atoms with Crippen molar-refractivity contribution < 1.29 is 14.3 Å². The van der Waals surface area contributed by atoms with E-state index in [1.807, 2.05) is 6.07 Å². The van der Waals surface area contributed by atoms with Crippen molar-refractivity contribution in [3.05, 3.63) is 59.5 Å². The topological polar surface area (TPSA) is 86.3 Å². The first-order valence-electron chi connectivity index (χ1n) is 5.69. The van der Waals surface area contributed by atoms with Crippen LogP contribution in [0.3, 0.4) is 0 Å². The first kappa shape index (κ1) is 12.9. The van der Waals surface area contributed by atoms with Crippen molar-refractivity contribution in [1.82, 2.24) is 5.32 Å². The Morgan fingerprint density at radius 1 is 1.47 bits per heavy atom. The van der Waals surface area contributed by atoms with Gasteiger partial charge in [-0.25, -0.2) is 0 Å². The summed E-state index contributed by atoms with van der Waals surface area (Å²) in [6.07, 6.45) is 2.06. The van der Waals surface area contributed by atoms with E-state index in [2.05, 4.69) is 5.32 Å². The fourth-order valence-corrected chi connectivity index (χ4v) is 1.60. The molecule has 0 spiro atoms. The van der Waals surface area contributed by atoms with E-state index < -0.39 is 6.10 Å². The number of rotatable bonds is 4. The quantitative estimate of drug-likeness (QED) is 0.870. The lowest BCUT2D eigenvalue weighted by atomic mass is 10.1. The maximum Gasteiger partial charge on any atom is 0.251 e. The number of nitrogens with one attached hydrogen (secondary N) is 1. The molecule has 0 aliphatic carbocycles. The van der Waals surface area contributed by atoms with E-state index in [0.717, 1.165) is 0 Å². The predicted octanol–water partition coefficient (Wildman–Crippen LogP) is 1.61. The summed E-state index contributed by atoms with van der Waals surface area (Å²) in [6, 6.07) is 9.97. The Hall–Kier alpha value is -2.58. The van der Waals surface area contributed by atoms with Crippen LogP contribution in [-0.4, -0.2) is 17.6 Å². The molecule has 1 heterocycles. The second kappa shape index (κ2) is 5.85. The molecule has 1 amide bonds. The Labute approximate surface area is 110 Å². The maximum absolute atomic E-state index is 11.8. The molecular weight excluding hydrogens is 244 g/mol. The zero-order valence-electron chi connectivity index (χ0n) is 10.0. The van der Waals surface area contributed by atoms with Crippen LogP contribution in [0, 0.1) is 11.3 Å². The Kier molecular flexibility index (Phi) is 3.96. The molecule has 1 aromatic heterocycles. The van der Waals surface area contributed by atoms with Gasteiger partial charge in [-0.1, -0.05) is 6.07 Å². The van der Waals surface area contributed by atoms with Crippen LogP contribution in [0.15, 0.2) is 47.3 Å². The minimum atomic E-state index is -0.818. The molecule has 1 aromatic carbocycles. The number of benzene rings is 1. The number of hydrogen-bond donors (Lipinski definition) is 2. The molecule has 5 nitrogen and oxygen atoms in total. The van der Waals surface area contributed by atoms with Gasteiger partial charge in [0.2, 0.25) is 0 Å². The van der Waals surface area contributed by atoms with Gasteiger partial charge >= 0.3 is 0 Å². The number of nitrogens with zero attached hydrogens (tertiary/aromatic N) is 1. The fraction of sp³-hybridized carbons (Fsp3) is 0.143. The summed E-state index contributed by atoms with van der Waals surface area (Å²) in [5, 5.41) is 21.1. The van der Waals surface area contributed by atoms with Crippen LogP contribution >= 0.6 is 0 Å². The van der Waals surface area contributed by atoms with Gasteiger partial charge in [-0.2, -0.15) is 5.26 Å². The third-order valence-corrected chi connectivity index (χ3v) is 2.64. The molecule has 2 N–H and O–H groups in total. The average Bonchev–Trinajstić information content (AvgIpc) is 2.98.